The molecule has 1 aliphatic heterocycles. The van der Waals surface area contributed by atoms with Gasteiger partial charge in [0.05, 0.1) is 18.3 Å². The predicted octanol–water partition coefficient (Wildman–Crippen LogP) is 0.808. The molecular weight excluding hydrogens is 272 g/mol. The smallest absolute Gasteiger partial charge is 0.407 e. The highest BCUT2D eigenvalue weighted by Crippen LogP contribution is 2.27. The van der Waals surface area contributed by atoms with Crippen LogP contribution in [0.4, 0.5) is 10.6 Å². The molecule has 0 saturated carbocycles. The Morgan fingerprint density at radius 2 is 1.90 bits per heavy atom. The maximum Gasteiger partial charge on any atom is 0.407 e. The first kappa shape index (κ1) is 13.2. The normalized spacial score (nSPS) is 18.6. The Kier molecular flexibility index (Phi) is 3.59. The highest BCUT2D eigenvalue weighted by Gasteiger charge is 2.32. The van der Waals surface area contributed by atoms with Crippen LogP contribution >= 0.6 is 0 Å². The van der Waals surface area contributed by atoms with Crippen LogP contribution in [-0.2, 0) is 0 Å². The summed E-state index contributed by atoms with van der Waals surface area (Å²) in [5.74, 6) is 0.763. The van der Waals surface area contributed by atoms with Crippen LogP contribution in [0, 0.1) is 0 Å². The standard InChI is InChI=1S/C13H14N6O2/c20-13(21)18-5-6-19(12-2-4-15-9-17-12)11(7-18)10-1-3-14-8-16-10/h1-4,8-9,11H,5-7H2,(H,20,21). The van der Waals surface area contributed by atoms with Crippen molar-refractivity contribution in [3.05, 3.63) is 42.9 Å². The molecule has 2 aromatic rings. The molecule has 8 nitrogen and oxygen atoms in total. The van der Waals surface area contributed by atoms with Crippen molar-refractivity contribution in [1.29, 1.82) is 0 Å². The number of piperazine rings is 1. The number of hydrogen-bond donors (Lipinski definition) is 1. The van der Waals surface area contributed by atoms with E-state index in [4.69, 9.17) is 0 Å². The number of carboxylic acid groups (broad SMARTS) is 1. The van der Waals surface area contributed by atoms with E-state index in [-0.39, 0.29) is 6.04 Å². The molecule has 2 aromatic heterocycles. The average Bonchev–Trinajstić information content (AvgIpc) is 2.56. The number of rotatable bonds is 2. The Balaban J connectivity index is 1.93. The van der Waals surface area contributed by atoms with Crippen molar-refractivity contribution < 1.29 is 9.90 Å². The van der Waals surface area contributed by atoms with Gasteiger partial charge in [-0.05, 0) is 12.1 Å². The molecule has 0 aromatic carbocycles. The molecule has 0 spiro atoms. The first-order valence-corrected chi connectivity index (χ1v) is 6.52. The van der Waals surface area contributed by atoms with Gasteiger partial charge in [0.25, 0.3) is 0 Å². The lowest BCUT2D eigenvalue weighted by atomic mass is 10.1. The lowest BCUT2D eigenvalue weighted by Gasteiger charge is -2.40. The summed E-state index contributed by atoms with van der Waals surface area (Å²) < 4.78 is 0. The van der Waals surface area contributed by atoms with E-state index in [1.54, 1.807) is 18.5 Å². The van der Waals surface area contributed by atoms with Crippen LogP contribution in [0.5, 0.6) is 0 Å². The van der Waals surface area contributed by atoms with E-state index < -0.39 is 6.09 Å². The summed E-state index contributed by atoms with van der Waals surface area (Å²) in [6.07, 6.45) is 5.35. The topological polar surface area (TPSA) is 95.3 Å². The minimum absolute atomic E-state index is 0.187. The van der Waals surface area contributed by atoms with Gasteiger partial charge in [-0.1, -0.05) is 0 Å². The predicted molar refractivity (Wildman–Crippen MR) is 73.7 cm³/mol. The van der Waals surface area contributed by atoms with Crippen LogP contribution < -0.4 is 4.90 Å². The zero-order valence-corrected chi connectivity index (χ0v) is 11.2. The summed E-state index contributed by atoms with van der Waals surface area (Å²) in [4.78, 5) is 31.0. The Morgan fingerprint density at radius 1 is 1.14 bits per heavy atom. The number of anilines is 1. The van der Waals surface area contributed by atoms with Gasteiger partial charge in [-0.15, -0.1) is 0 Å². The Bertz CT molecular complexity index is 609. The van der Waals surface area contributed by atoms with E-state index in [0.29, 0.717) is 19.6 Å². The van der Waals surface area contributed by atoms with Gasteiger partial charge in [-0.25, -0.2) is 24.7 Å². The molecule has 0 radical (unpaired) electrons. The molecule has 3 heterocycles. The zero-order valence-electron chi connectivity index (χ0n) is 11.2. The van der Waals surface area contributed by atoms with Crippen molar-refractivity contribution in [2.75, 3.05) is 24.5 Å². The van der Waals surface area contributed by atoms with Crippen LogP contribution in [0.15, 0.2) is 37.2 Å². The second kappa shape index (κ2) is 5.70. The maximum atomic E-state index is 11.2. The maximum absolute atomic E-state index is 11.2. The lowest BCUT2D eigenvalue weighted by Crippen LogP contribution is -2.50. The Labute approximate surface area is 121 Å². The molecule has 0 aliphatic carbocycles. The van der Waals surface area contributed by atoms with Crippen molar-refractivity contribution in [2.24, 2.45) is 0 Å². The molecule has 1 saturated heterocycles. The molecule has 0 bridgehead atoms. The number of nitrogens with zero attached hydrogens (tertiary/aromatic N) is 6. The molecule has 1 fully saturated rings. The van der Waals surface area contributed by atoms with Gasteiger partial charge in [0.2, 0.25) is 0 Å². The fraction of sp³-hybridized carbons (Fsp3) is 0.308. The molecule has 3 rings (SSSR count). The van der Waals surface area contributed by atoms with Crippen molar-refractivity contribution in [3.8, 4) is 0 Å². The van der Waals surface area contributed by atoms with Crippen molar-refractivity contribution in [1.82, 2.24) is 24.8 Å². The second-order valence-corrected chi connectivity index (χ2v) is 4.64. The quantitative estimate of drug-likeness (QED) is 0.872. The summed E-state index contributed by atoms with van der Waals surface area (Å²) in [6, 6.07) is 3.42. The minimum Gasteiger partial charge on any atom is -0.465 e. The average molecular weight is 286 g/mol. The van der Waals surface area contributed by atoms with Crippen LogP contribution in [-0.4, -0.2) is 55.7 Å². The lowest BCUT2D eigenvalue weighted by molar-refractivity contribution is 0.134. The Hall–Kier alpha value is -2.77. The van der Waals surface area contributed by atoms with Gasteiger partial charge in [0, 0.05) is 25.5 Å². The molecule has 1 aliphatic rings. The third kappa shape index (κ3) is 2.73. The number of amides is 1. The van der Waals surface area contributed by atoms with E-state index >= 15 is 0 Å². The molecule has 1 N–H and O–H groups in total. The minimum atomic E-state index is -0.920. The van der Waals surface area contributed by atoms with Crippen molar-refractivity contribution in [3.63, 3.8) is 0 Å². The summed E-state index contributed by atoms with van der Waals surface area (Å²) in [5, 5.41) is 9.21. The molecule has 1 amide bonds. The van der Waals surface area contributed by atoms with Crippen LogP contribution in [0.3, 0.4) is 0 Å². The van der Waals surface area contributed by atoms with E-state index in [1.165, 1.54) is 17.6 Å². The third-order valence-corrected chi connectivity index (χ3v) is 3.46. The molecule has 108 valence electrons. The Morgan fingerprint density at radius 3 is 2.52 bits per heavy atom. The number of carbonyl (C=O) groups is 1. The number of aromatic nitrogens is 4. The first-order chi connectivity index (χ1) is 10.3. The van der Waals surface area contributed by atoms with Gasteiger partial charge in [0.1, 0.15) is 18.5 Å². The van der Waals surface area contributed by atoms with Gasteiger partial charge >= 0.3 is 6.09 Å². The summed E-state index contributed by atoms with van der Waals surface area (Å²) in [5.41, 5.74) is 0.773. The van der Waals surface area contributed by atoms with Crippen molar-refractivity contribution >= 4 is 11.9 Å². The first-order valence-electron chi connectivity index (χ1n) is 6.52. The molecular formula is C13H14N6O2. The third-order valence-electron chi connectivity index (χ3n) is 3.46. The summed E-state index contributed by atoms with van der Waals surface area (Å²) >= 11 is 0. The van der Waals surface area contributed by atoms with Gasteiger partial charge in [-0.3, -0.25) is 0 Å². The molecule has 8 heteroatoms. The monoisotopic (exact) mass is 286 g/mol. The van der Waals surface area contributed by atoms with Gasteiger partial charge in [0.15, 0.2) is 0 Å². The second-order valence-electron chi connectivity index (χ2n) is 4.64. The summed E-state index contributed by atoms with van der Waals surface area (Å²) in [6.45, 7) is 1.33. The fourth-order valence-electron chi connectivity index (χ4n) is 2.44. The van der Waals surface area contributed by atoms with Crippen LogP contribution in [0.25, 0.3) is 0 Å². The fourth-order valence-corrected chi connectivity index (χ4v) is 2.44. The van der Waals surface area contributed by atoms with Crippen molar-refractivity contribution in [2.45, 2.75) is 6.04 Å². The van der Waals surface area contributed by atoms with E-state index in [9.17, 15) is 9.90 Å². The molecule has 21 heavy (non-hydrogen) atoms. The molecule has 1 atom stereocenters. The highest BCUT2D eigenvalue weighted by molar-refractivity contribution is 5.65. The van der Waals surface area contributed by atoms with Crippen LogP contribution in [0.2, 0.25) is 0 Å². The van der Waals surface area contributed by atoms with Gasteiger partial charge in [-0.2, -0.15) is 0 Å². The number of hydrogen-bond acceptors (Lipinski definition) is 6. The van der Waals surface area contributed by atoms with E-state index in [2.05, 4.69) is 19.9 Å². The van der Waals surface area contributed by atoms with Crippen LogP contribution in [0.1, 0.15) is 11.7 Å². The van der Waals surface area contributed by atoms with Gasteiger partial charge < -0.3 is 14.9 Å². The van der Waals surface area contributed by atoms with E-state index in [0.717, 1.165) is 11.5 Å². The molecule has 1 unspecified atom stereocenters. The summed E-state index contributed by atoms with van der Waals surface area (Å²) in [7, 11) is 0. The highest BCUT2D eigenvalue weighted by atomic mass is 16.4. The zero-order chi connectivity index (χ0) is 14.7. The van der Waals surface area contributed by atoms with E-state index in [1.807, 2.05) is 11.0 Å². The largest absolute Gasteiger partial charge is 0.465 e. The SMILES string of the molecule is O=C(O)N1CCN(c2ccncn2)C(c2ccncn2)C1.